The average Bonchev–Trinajstić information content (AvgIpc) is 3.39. The summed E-state index contributed by atoms with van der Waals surface area (Å²) in [5.74, 6) is -0.408. The van der Waals surface area contributed by atoms with E-state index >= 15 is 0 Å². The molecule has 0 aliphatic carbocycles. The lowest BCUT2D eigenvalue weighted by molar-refractivity contribution is 0.0952. The maximum atomic E-state index is 12.3. The zero-order valence-electron chi connectivity index (χ0n) is 15.0. The van der Waals surface area contributed by atoms with Crippen LogP contribution in [-0.4, -0.2) is 16.9 Å². The molecule has 3 N–H and O–H groups in total. The van der Waals surface area contributed by atoms with Crippen LogP contribution < -0.4 is 16.0 Å². The van der Waals surface area contributed by atoms with Gasteiger partial charge in [-0.2, -0.15) is 0 Å². The molecule has 4 aromatic rings. The molecule has 2 aromatic heterocycles. The van der Waals surface area contributed by atoms with Crippen LogP contribution in [0.4, 0.5) is 11.4 Å². The van der Waals surface area contributed by atoms with E-state index < -0.39 is 5.91 Å². The average molecular weight is 422 g/mol. The summed E-state index contributed by atoms with van der Waals surface area (Å²) in [6, 6.07) is 19.6. The van der Waals surface area contributed by atoms with E-state index in [-0.39, 0.29) is 16.8 Å². The molecule has 0 saturated carbocycles. The molecule has 144 valence electrons. The monoisotopic (exact) mass is 421 g/mol. The van der Waals surface area contributed by atoms with E-state index in [1.807, 2.05) is 29.6 Å². The van der Waals surface area contributed by atoms with E-state index in [0.29, 0.717) is 21.8 Å². The fourth-order valence-electron chi connectivity index (χ4n) is 2.66. The Kier molecular flexibility index (Phi) is 5.37. The maximum Gasteiger partial charge on any atom is 0.293 e. The van der Waals surface area contributed by atoms with Crippen molar-refractivity contribution in [2.45, 2.75) is 0 Å². The van der Waals surface area contributed by atoms with Crippen molar-refractivity contribution in [3.8, 4) is 0 Å². The van der Waals surface area contributed by atoms with Crippen molar-refractivity contribution in [2.75, 3.05) is 10.6 Å². The summed E-state index contributed by atoms with van der Waals surface area (Å²) >= 11 is 6.57. The minimum Gasteiger partial charge on any atom is -0.451 e. The van der Waals surface area contributed by atoms with Crippen LogP contribution in [0.2, 0.25) is 0 Å². The van der Waals surface area contributed by atoms with Crippen LogP contribution in [0.1, 0.15) is 20.2 Å². The van der Waals surface area contributed by atoms with Crippen molar-refractivity contribution < 1.29 is 14.0 Å². The van der Waals surface area contributed by atoms with Gasteiger partial charge in [0.2, 0.25) is 0 Å². The second-order valence-electron chi connectivity index (χ2n) is 6.07. The first-order chi connectivity index (χ1) is 14.1. The minimum atomic E-state index is -0.432. The molecule has 0 aliphatic heterocycles. The Hall–Kier alpha value is -3.49. The molecule has 0 unspecified atom stereocenters. The van der Waals surface area contributed by atoms with Crippen molar-refractivity contribution in [2.24, 2.45) is 0 Å². The molecule has 2 heterocycles. The highest BCUT2D eigenvalue weighted by Crippen LogP contribution is 2.19. The number of anilines is 2. The molecule has 0 fully saturated rings. The highest BCUT2D eigenvalue weighted by Gasteiger charge is 2.13. The SMILES string of the molecule is O=C(NC(=S)Nc1ccc(NC(=O)c2cccs2)cc1)c1cc2ccccc2o1. The molecule has 0 saturated heterocycles. The van der Waals surface area contributed by atoms with Crippen molar-refractivity contribution in [1.82, 2.24) is 5.32 Å². The van der Waals surface area contributed by atoms with Gasteiger partial charge >= 0.3 is 0 Å². The number of furan rings is 1. The quantitative estimate of drug-likeness (QED) is 0.409. The predicted molar refractivity (Wildman–Crippen MR) is 119 cm³/mol. The maximum absolute atomic E-state index is 12.3. The number of thiocarbonyl (C=S) groups is 1. The van der Waals surface area contributed by atoms with Gasteiger partial charge in [-0.3, -0.25) is 14.9 Å². The molecular weight excluding hydrogens is 406 g/mol. The van der Waals surface area contributed by atoms with Gasteiger partial charge in [-0.1, -0.05) is 24.3 Å². The van der Waals surface area contributed by atoms with E-state index in [1.54, 1.807) is 42.5 Å². The number of amides is 2. The van der Waals surface area contributed by atoms with Gasteiger partial charge in [0.05, 0.1) is 4.88 Å². The second kappa shape index (κ2) is 8.26. The number of fused-ring (bicyclic) bond motifs is 1. The van der Waals surface area contributed by atoms with E-state index in [1.165, 1.54) is 11.3 Å². The third kappa shape index (κ3) is 4.50. The molecule has 29 heavy (non-hydrogen) atoms. The molecule has 0 atom stereocenters. The molecule has 0 radical (unpaired) electrons. The zero-order valence-corrected chi connectivity index (χ0v) is 16.6. The fraction of sp³-hybridized carbons (Fsp3) is 0. The first-order valence-corrected chi connectivity index (χ1v) is 9.93. The van der Waals surface area contributed by atoms with Crippen LogP contribution in [0.15, 0.2) is 76.5 Å². The van der Waals surface area contributed by atoms with Gasteiger partial charge < -0.3 is 15.1 Å². The largest absolute Gasteiger partial charge is 0.451 e. The molecule has 6 nitrogen and oxygen atoms in total. The number of para-hydroxylation sites is 1. The lowest BCUT2D eigenvalue weighted by Crippen LogP contribution is -2.33. The van der Waals surface area contributed by atoms with Crippen LogP contribution in [0.5, 0.6) is 0 Å². The number of thiophene rings is 1. The Bertz CT molecular complexity index is 1150. The first kappa shape index (κ1) is 18.9. The normalized spacial score (nSPS) is 10.5. The second-order valence-corrected chi connectivity index (χ2v) is 7.42. The van der Waals surface area contributed by atoms with Crippen LogP contribution in [0.3, 0.4) is 0 Å². The molecule has 0 spiro atoms. The van der Waals surface area contributed by atoms with Crippen LogP contribution in [-0.2, 0) is 0 Å². The molecule has 2 amide bonds. The van der Waals surface area contributed by atoms with Gasteiger partial charge in [-0.05, 0) is 60.1 Å². The van der Waals surface area contributed by atoms with E-state index in [2.05, 4.69) is 16.0 Å². The standard InChI is InChI=1S/C21H15N3O3S2/c25-19(17-12-13-4-1-2-5-16(13)27-17)24-21(28)23-15-9-7-14(8-10-15)22-20(26)18-6-3-11-29-18/h1-12H,(H,22,26)(H2,23,24,25,28). The number of benzene rings is 2. The Morgan fingerprint density at radius 3 is 2.28 bits per heavy atom. The highest BCUT2D eigenvalue weighted by atomic mass is 32.1. The molecule has 2 aromatic carbocycles. The number of carbonyl (C=O) groups is 2. The van der Waals surface area contributed by atoms with Gasteiger partial charge in [-0.15, -0.1) is 11.3 Å². The topological polar surface area (TPSA) is 83.4 Å². The van der Waals surface area contributed by atoms with Crippen LogP contribution in [0, 0.1) is 0 Å². The zero-order chi connectivity index (χ0) is 20.2. The van der Waals surface area contributed by atoms with E-state index in [4.69, 9.17) is 16.6 Å². The predicted octanol–water partition coefficient (Wildman–Crippen LogP) is 4.87. The summed E-state index contributed by atoms with van der Waals surface area (Å²) < 4.78 is 5.53. The molecular formula is C21H15N3O3S2. The van der Waals surface area contributed by atoms with Crippen molar-refractivity contribution in [1.29, 1.82) is 0 Å². The fourth-order valence-corrected chi connectivity index (χ4v) is 3.49. The molecule has 4 rings (SSSR count). The lowest BCUT2D eigenvalue weighted by atomic mass is 10.2. The summed E-state index contributed by atoms with van der Waals surface area (Å²) in [5.41, 5.74) is 1.97. The first-order valence-electron chi connectivity index (χ1n) is 8.64. The Balaban J connectivity index is 1.34. The number of carbonyl (C=O) groups excluding carboxylic acids is 2. The number of nitrogens with one attached hydrogen (secondary N) is 3. The van der Waals surface area contributed by atoms with Crippen LogP contribution >= 0.6 is 23.6 Å². The van der Waals surface area contributed by atoms with Gasteiger partial charge in [0, 0.05) is 16.8 Å². The number of hydrogen-bond acceptors (Lipinski definition) is 5. The smallest absolute Gasteiger partial charge is 0.293 e. The Labute approximate surface area is 175 Å². The molecule has 0 aliphatic rings. The van der Waals surface area contributed by atoms with Crippen molar-refractivity contribution >= 4 is 62.8 Å². The van der Waals surface area contributed by atoms with Gasteiger partial charge in [0.25, 0.3) is 11.8 Å². The van der Waals surface area contributed by atoms with E-state index in [0.717, 1.165) is 5.39 Å². The summed E-state index contributed by atoms with van der Waals surface area (Å²) in [6.45, 7) is 0. The summed E-state index contributed by atoms with van der Waals surface area (Å²) in [5, 5.41) is 11.2. The minimum absolute atomic E-state index is 0.144. The van der Waals surface area contributed by atoms with Crippen molar-refractivity contribution in [3.63, 3.8) is 0 Å². The van der Waals surface area contributed by atoms with Gasteiger partial charge in [-0.25, -0.2) is 0 Å². The highest BCUT2D eigenvalue weighted by molar-refractivity contribution is 7.80. The number of hydrogen-bond donors (Lipinski definition) is 3. The lowest BCUT2D eigenvalue weighted by Gasteiger charge is -2.09. The van der Waals surface area contributed by atoms with Crippen molar-refractivity contribution in [3.05, 3.63) is 82.7 Å². The summed E-state index contributed by atoms with van der Waals surface area (Å²) in [7, 11) is 0. The van der Waals surface area contributed by atoms with E-state index in [9.17, 15) is 9.59 Å². The Morgan fingerprint density at radius 1 is 0.862 bits per heavy atom. The summed E-state index contributed by atoms with van der Waals surface area (Å²) in [6.07, 6.45) is 0. The van der Waals surface area contributed by atoms with Crippen LogP contribution in [0.25, 0.3) is 11.0 Å². The number of rotatable bonds is 4. The molecule has 8 heteroatoms. The Morgan fingerprint density at radius 2 is 1.59 bits per heavy atom. The third-order valence-electron chi connectivity index (χ3n) is 4.02. The van der Waals surface area contributed by atoms with Gasteiger partial charge in [0.1, 0.15) is 5.58 Å². The summed E-state index contributed by atoms with van der Waals surface area (Å²) in [4.78, 5) is 25.0. The third-order valence-corrected chi connectivity index (χ3v) is 5.09. The van der Waals surface area contributed by atoms with Gasteiger partial charge in [0.15, 0.2) is 10.9 Å². The molecule has 0 bridgehead atoms.